The molecule has 4 nitrogen and oxygen atoms in total. The van der Waals surface area contributed by atoms with Gasteiger partial charge in [0.1, 0.15) is 0 Å². The van der Waals surface area contributed by atoms with Gasteiger partial charge < -0.3 is 14.5 Å². The number of rotatable bonds is 8. The van der Waals surface area contributed by atoms with E-state index in [1.807, 2.05) is 0 Å². The fourth-order valence-electron chi connectivity index (χ4n) is 5.26. The van der Waals surface area contributed by atoms with Gasteiger partial charge in [-0.3, -0.25) is 4.79 Å². The van der Waals surface area contributed by atoms with Crippen LogP contribution in [0.3, 0.4) is 0 Å². The number of hydrogen-bond donors (Lipinski definition) is 0. The molecule has 2 aromatic rings. The van der Waals surface area contributed by atoms with Crippen LogP contribution in [0.15, 0.2) is 54.6 Å². The van der Waals surface area contributed by atoms with Gasteiger partial charge in [0.05, 0.1) is 6.61 Å². The Kier molecular flexibility index (Phi) is 8.36. The maximum Gasteiger partial charge on any atom is 0.227 e. The highest BCUT2D eigenvalue weighted by Crippen LogP contribution is 2.39. The van der Waals surface area contributed by atoms with E-state index in [9.17, 15) is 4.79 Å². The van der Waals surface area contributed by atoms with Crippen LogP contribution >= 0.6 is 0 Å². The maximum atomic E-state index is 13.4. The lowest BCUT2D eigenvalue weighted by Gasteiger charge is -2.33. The molecular weight excluding hydrogens is 396 g/mol. The molecule has 0 spiro atoms. The van der Waals surface area contributed by atoms with E-state index in [4.69, 9.17) is 4.74 Å². The van der Waals surface area contributed by atoms with Gasteiger partial charge in [0.2, 0.25) is 5.91 Å². The van der Waals surface area contributed by atoms with Crippen LogP contribution in [0.4, 0.5) is 5.69 Å². The summed E-state index contributed by atoms with van der Waals surface area (Å²) in [5.74, 6) is 1.16. The first-order valence-electron chi connectivity index (χ1n) is 12.5. The number of hydrogen-bond acceptors (Lipinski definition) is 3. The van der Waals surface area contributed by atoms with Gasteiger partial charge in [-0.25, -0.2) is 0 Å². The highest BCUT2D eigenvalue weighted by molar-refractivity contribution is 5.94. The molecule has 1 unspecified atom stereocenters. The predicted molar refractivity (Wildman–Crippen MR) is 131 cm³/mol. The normalized spacial score (nSPS) is 20.0. The van der Waals surface area contributed by atoms with E-state index in [-0.39, 0.29) is 0 Å². The summed E-state index contributed by atoms with van der Waals surface area (Å²) in [6, 6.07) is 19.3. The molecule has 2 aliphatic rings. The summed E-state index contributed by atoms with van der Waals surface area (Å²) >= 11 is 0. The van der Waals surface area contributed by atoms with Gasteiger partial charge in [-0.2, -0.15) is 0 Å². The Balaban J connectivity index is 1.37. The lowest BCUT2D eigenvalue weighted by atomic mass is 9.87. The SMILES string of the molecule is CCCOCCN1CCC(CC(=O)N2CCCC(c3ccccc3)c3ccccc32)CC1. The van der Waals surface area contributed by atoms with Crippen LogP contribution in [0.1, 0.15) is 62.5 Å². The first kappa shape index (κ1) is 23.0. The number of carbonyl (C=O) groups is 1. The average molecular weight is 435 g/mol. The summed E-state index contributed by atoms with van der Waals surface area (Å²) in [6.45, 7) is 7.83. The van der Waals surface area contributed by atoms with Crippen molar-refractivity contribution in [1.29, 1.82) is 0 Å². The molecule has 172 valence electrons. The van der Waals surface area contributed by atoms with Crippen LogP contribution in [0.2, 0.25) is 0 Å². The number of amides is 1. The van der Waals surface area contributed by atoms with E-state index in [0.717, 1.165) is 77.2 Å². The van der Waals surface area contributed by atoms with Gasteiger partial charge in [0, 0.05) is 37.7 Å². The molecule has 1 atom stereocenters. The summed E-state index contributed by atoms with van der Waals surface area (Å²) in [5.41, 5.74) is 3.77. The highest BCUT2D eigenvalue weighted by Gasteiger charge is 2.29. The molecule has 0 saturated carbocycles. The third-order valence-corrected chi connectivity index (χ3v) is 7.05. The molecule has 2 aliphatic heterocycles. The molecule has 1 saturated heterocycles. The zero-order chi connectivity index (χ0) is 22.2. The van der Waals surface area contributed by atoms with Crippen LogP contribution in [-0.2, 0) is 9.53 Å². The Bertz CT molecular complexity index is 846. The summed E-state index contributed by atoms with van der Waals surface area (Å²) in [5, 5.41) is 0. The molecule has 0 bridgehead atoms. The molecule has 0 aromatic heterocycles. The number of para-hydroxylation sites is 1. The Morgan fingerprint density at radius 2 is 1.69 bits per heavy atom. The largest absolute Gasteiger partial charge is 0.380 e. The van der Waals surface area contributed by atoms with E-state index < -0.39 is 0 Å². The van der Waals surface area contributed by atoms with Gasteiger partial charge in [-0.05, 0) is 68.3 Å². The molecular formula is C28H38N2O2. The standard InChI is InChI=1S/C28H38N2O2/c1-2-20-32-21-19-29-17-14-23(15-18-29)22-28(31)30-16-8-12-25(24-9-4-3-5-10-24)26-11-6-7-13-27(26)30/h3-7,9-11,13,23,25H,2,8,12,14-22H2,1H3. The van der Waals surface area contributed by atoms with Crippen LogP contribution in [0.25, 0.3) is 0 Å². The minimum Gasteiger partial charge on any atom is -0.380 e. The average Bonchev–Trinajstić information content (AvgIpc) is 3.03. The number of nitrogens with zero attached hydrogens (tertiary/aromatic N) is 2. The van der Waals surface area contributed by atoms with Crippen molar-refractivity contribution in [3.8, 4) is 0 Å². The molecule has 0 aliphatic carbocycles. The molecule has 2 heterocycles. The third kappa shape index (κ3) is 5.79. The lowest BCUT2D eigenvalue weighted by Crippen LogP contribution is -2.39. The number of piperidine rings is 1. The van der Waals surface area contributed by atoms with Crippen LogP contribution in [0, 0.1) is 5.92 Å². The molecule has 4 rings (SSSR count). The lowest BCUT2D eigenvalue weighted by molar-refractivity contribution is -0.119. The van der Waals surface area contributed by atoms with Gasteiger partial charge in [-0.15, -0.1) is 0 Å². The number of anilines is 1. The second kappa shape index (κ2) is 11.6. The monoisotopic (exact) mass is 434 g/mol. The smallest absolute Gasteiger partial charge is 0.227 e. The van der Waals surface area contributed by atoms with Crippen molar-refractivity contribution in [1.82, 2.24) is 4.90 Å². The van der Waals surface area contributed by atoms with E-state index in [1.165, 1.54) is 11.1 Å². The summed E-state index contributed by atoms with van der Waals surface area (Å²) in [7, 11) is 0. The Hall–Kier alpha value is -2.17. The summed E-state index contributed by atoms with van der Waals surface area (Å²) in [6.07, 6.45) is 6.10. The fourth-order valence-corrected chi connectivity index (χ4v) is 5.26. The van der Waals surface area contributed by atoms with Crippen molar-refractivity contribution < 1.29 is 9.53 Å². The van der Waals surface area contributed by atoms with E-state index in [0.29, 0.717) is 24.2 Å². The maximum absolute atomic E-state index is 13.4. The minimum absolute atomic E-state index is 0.302. The van der Waals surface area contributed by atoms with Crippen LogP contribution in [-0.4, -0.2) is 50.2 Å². The number of fused-ring (bicyclic) bond motifs is 1. The first-order chi connectivity index (χ1) is 15.8. The second-order valence-corrected chi connectivity index (χ2v) is 9.31. The van der Waals surface area contributed by atoms with Crippen molar-refractivity contribution in [3.63, 3.8) is 0 Å². The molecule has 1 fully saturated rings. The molecule has 0 N–H and O–H groups in total. The van der Waals surface area contributed by atoms with Crippen LogP contribution in [0.5, 0.6) is 0 Å². The van der Waals surface area contributed by atoms with Gasteiger partial charge in [0.25, 0.3) is 0 Å². The van der Waals surface area contributed by atoms with Gasteiger partial charge in [0.15, 0.2) is 0 Å². The Morgan fingerprint density at radius 3 is 2.47 bits per heavy atom. The highest BCUT2D eigenvalue weighted by atomic mass is 16.5. The molecule has 2 aromatic carbocycles. The number of carbonyl (C=O) groups excluding carboxylic acids is 1. The van der Waals surface area contributed by atoms with Crippen molar-refractivity contribution in [2.45, 2.75) is 51.4 Å². The Morgan fingerprint density at radius 1 is 0.938 bits per heavy atom. The van der Waals surface area contributed by atoms with E-state index in [1.54, 1.807) is 0 Å². The van der Waals surface area contributed by atoms with E-state index >= 15 is 0 Å². The zero-order valence-electron chi connectivity index (χ0n) is 19.5. The number of ether oxygens (including phenoxy) is 1. The zero-order valence-corrected chi connectivity index (χ0v) is 19.5. The fraction of sp³-hybridized carbons (Fsp3) is 0.536. The van der Waals surface area contributed by atoms with Crippen molar-refractivity contribution in [2.75, 3.05) is 44.3 Å². The van der Waals surface area contributed by atoms with Crippen molar-refractivity contribution >= 4 is 11.6 Å². The summed E-state index contributed by atoms with van der Waals surface area (Å²) < 4.78 is 5.64. The topological polar surface area (TPSA) is 32.8 Å². The molecule has 1 amide bonds. The second-order valence-electron chi connectivity index (χ2n) is 9.31. The molecule has 4 heteroatoms. The minimum atomic E-state index is 0.302. The van der Waals surface area contributed by atoms with Gasteiger partial charge >= 0.3 is 0 Å². The van der Waals surface area contributed by atoms with Crippen molar-refractivity contribution in [3.05, 3.63) is 65.7 Å². The quantitative estimate of drug-likeness (QED) is 0.516. The predicted octanol–water partition coefficient (Wildman–Crippen LogP) is 5.47. The third-order valence-electron chi connectivity index (χ3n) is 7.05. The number of likely N-dealkylation sites (tertiary alicyclic amines) is 1. The van der Waals surface area contributed by atoms with Crippen LogP contribution < -0.4 is 4.90 Å². The number of benzene rings is 2. The molecule has 32 heavy (non-hydrogen) atoms. The molecule has 0 radical (unpaired) electrons. The van der Waals surface area contributed by atoms with Crippen molar-refractivity contribution in [2.24, 2.45) is 5.92 Å². The van der Waals surface area contributed by atoms with E-state index in [2.05, 4.69) is 71.3 Å². The van der Waals surface area contributed by atoms with Gasteiger partial charge in [-0.1, -0.05) is 55.5 Å². The Labute approximate surface area is 193 Å². The summed E-state index contributed by atoms with van der Waals surface area (Å²) in [4.78, 5) is 18.0. The first-order valence-corrected chi connectivity index (χ1v) is 12.5.